The zero-order chi connectivity index (χ0) is 14.8. The topological polar surface area (TPSA) is 58.8 Å². The van der Waals surface area contributed by atoms with Crippen molar-refractivity contribution in [3.63, 3.8) is 0 Å². The number of esters is 1. The summed E-state index contributed by atoms with van der Waals surface area (Å²) < 4.78 is 4.93. The molecule has 1 saturated carbocycles. The lowest BCUT2D eigenvalue weighted by Crippen LogP contribution is -2.59. The van der Waals surface area contributed by atoms with Crippen molar-refractivity contribution < 1.29 is 9.53 Å². The first-order chi connectivity index (χ1) is 9.45. The highest BCUT2D eigenvalue weighted by molar-refractivity contribution is 5.81. The van der Waals surface area contributed by atoms with Crippen LogP contribution >= 0.6 is 0 Å². The Labute approximate surface area is 122 Å². The summed E-state index contributed by atoms with van der Waals surface area (Å²) in [6, 6.07) is 0. The summed E-state index contributed by atoms with van der Waals surface area (Å²) in [4.78, 5) is 16.6. The van der Waals surface area contributed by atoms with Gasteiger partial charge < -0.3 is 20.3 Å². The van der Waals surface area contributed by atoms with E-state index in [1.807, 2.05) is 0 Å². The molecule has 5 nitrogen and oxygen atoms in total. The molecule has 1 atom stereocenters. The molecule has 0 amide bonds. The fourth-order valence-electron chi connectivity index (χ4n) is 3.36. The van der Waals surface area contributed by atoms with E-state index in [0.29, 0.717) is 12.5 Å². The van der Waals surface area contributed by atoms with Gasteiger partial charge in [0.2, 0.25) is 0 Å². The van der Waals surface area contributed by atoms with Gasteiger partial charge in [0.05, 0.1) is 7.11 Å². The van der Waals surface area contributed by atoms with Gasteiger partial charge in [0, 0.05) is 13.1 Å². The van der Waals surface area contributed by atoms with E-state index in [1.54, 1.807) is 0 Å². The fourth-order valence-corrected chi connectivity index (χ4v) is 3.36. The third-order valence-electron chi connectivity index (χ3n) is 4.69. The van der Waals surface area contributed by atoms with Crippen molar-refractivity contribution in [2.24, 2.45) is 17.6 Å². The second-order valence-corrected chi connectivity index (χ2v) is 6.79. The van der Waals surface area contributed by atoms with Gasteiger partial charge in [-0.3, -0.25) is 4.79 Å². The van der Waals surface area contributed by atoms with Crippen LogP contribution in [0.1, 0.15) is 25.7 Å². The highest BCUT2D eigenvalue weighted by atomic mass is 16.5. The van der Waals surface area contributed by atoms with Crippen LogP contribution in [0.25, 0.3) is 0 Å². The van der Waals surface area contributed by atoms with Crippen molar-refractivity contribution in [3.8, 4) is 0 Å². The Balaban J connectivity index is 1.85. The van der Waals surface area contributed by atoms with Gasteiger partial charge in [-0.2, -0.15) is 0 Å². The van der Waals surface area contributed by atoms with E-state index in [9.17, 15) is 4.79 Å². The van der Waals surface area contributed by atoms with Crippen molar-refractivity contribution in [2.45, 2.75) is 31.2 Å². The Kier molecular flexibility index (Phi) is 5.04. The van der Waals surface area contributed by atoms with Crippen LogP contribution in [0.4, 0.5) is 0 Å². The Bertz CT molecular complexity index is 336. The third-order valence-corrected chi connectivity index (χ3v) is 4.69. The summed E-state index contributed by atoms with van der Waals surface area (Å²) in [6.07, 6.45) is 4.51. The first kappa shape index (κ1) is 15.7. The number of hydrogen-bond acceptors (Lipinski definition) is 5. The molecule has 116 valence electrons. The lowest BCUT2D eigenvalue weighted by Gasteiger charge is -2.38. The number of rotatable bonds is 6. The van der Waals surface area contributed by atoms with Gasteiger partial charge in [0.1, 0.15) is 5.54 Å². The van der Waals surface area contributed by atoms with E-state index >= 15 is 0 Å². The van der Waals surface area contributed by atoms with Crippen LogP contribution in [0.3, 0.4) is 0 Å². The Morgan fingerprint density at radius 1 is 1.30 bits per heavy atom. The number of hydrogen-bond donors (Lipinski definition) is 1. The first-order valence-electron chi connectivity index (χ1n) is 7.70. The van der Waals surface area contributed by atoms with Crippen molar-refractivity contribution >= 4 is 5.97 Å². The Morgan fingerprint density at radius 3 is 2.35 bits per heavy atom. The molecule has 2 aliphatic rings. The summed E-state index contributed by atoms with van der Waals surface area (Å²) >= 11 is 0. The van der Waals surface area contributed by atoms with E-state index in [2.05, 4.69) is 23.9 Å². The Morgan fingerprint density at radius 2 is 1.90 bits per heavy atom. The molecule has 2 fully saturated rings. The number of nitrogens with zero attached hydrogens (tertiary/aromatic N) is 2. The predicted molar refractivity (Wildman–Crippen MR) is 79.4 cm³/mol. The monoisotopic (exact) mass is 283 g/mol. The average molecular weight is 283 g/mol. The van der Waals surface area contributed by atoms with Crippen molar-refractivity contribution in [2.75, 3.05) is 47.4 Å². The molecule has 1 heterocycles. The number of carbonyl (C=O) groups excluding carboxylic acids is 1. The molecule has 0 radical (unpaired) electrons. The lowest BCUT2D eigenvalue weighted by atomic mass is 9.90. The van der Waals surface area contributed by atoms with E-state index < -0.39 is 5.54 Å². The maximum atomic E-state index is 12.0. The van der Waals surface area contributed by atoms with Gasteiger partial charge >= 0.3 is 5.97 Å². The second kappa shape index (κ2) is 6.41. The average Bonchev–Trinajstić information content (AvgIpc) is 3.24. The van der Waals surface area contributed by atoms with Crippen LogP contribution in [-0.2, 0) is 9.53 Å². The minimum absolute atomic E-state index is 0.240. The minimum Gasteiger partial charge on any atom is -0.468 e. The number of nitrogens with two attached hydrogens (primary N) is 1. The summed E-state index contributed by atoms with van der Waals surface area (Å²) in [5.41, 5.74) is 5.59. The molecule has 0 spiro atoms. The molecular formula is C15H29N3O2. The zero-order valence-electron chi connectivity index (χ0n) is 13.1. The molecule has 2 rings (SSSR count). The lowest BCUT2D eigenvalue weighted by molar-refractivity contribution is -0.149. The molecule has 2 N–H and O–H groups in total. The zero-order valence-corrected chi connectivity index (χ0v) is 13.1. The second-order valence-electron chi connectivity index (χ2n) is 6.79. The highest BCUT2D eigenvalue weighted by Gasteiger charge is 2.50. The maximum absolute atomic E-state index is 12.0. The van der Waals surface area contributed by atoms with Gasteiger partial charge in [-0.05, 0) is 64.7 Å². The van der Waals surface area contributed by atoms with Crippen LogP contribution in [-0.4, -0.2) is 68.7 Å². The standard InChI is InChI=1S/C15H29N3O2/c1-17(2)10-12-6-8-18(9-7-12)11-15(16,13-4-5-13)14(19)20-3/h12-13H,4-11,16H2,1-3H3. The van der Waals surface area contributed by atoms with Crippen LogP contribution in [0.15, 0.2) is 0 Å². The quantitative estimate of drug-likeness (QED) is 0.721. The summed E-state index contributed by atoms with van der Waals surface area (Å²) in [7, 11) is 5.69. The maximum Gasteiger partial charge on any atom is 0.327 e. The molecule has 1 unspecified atom stereocenters. The fraction of sp³-hybridized carbons (Fsp3) is 0.933. The number of ether oxygens (including phenoxy) is 1. The van der Waals surface area contributed by atoms with Crippen molar-refractivity contribution in [3.05, 3.63) is 0 Å². The summed E-state index contributed by atoms with van der Waals surface area (Å²) in [5, 5.41) is 0. The van der Waals surface area contributed by atoms with Crippen molar-refractivity contribution in [1.29, 1.82) is 0 Å². The molecular weight excluding hydrogens is 254 g/mol. The van der Waals surface area contributed by atoms with E-state index in [4.69, 9.17) is 10.5 Å². The minimum atomic E-state index is -0.789. The summed E-state index contributed by atoms with van der Waals surface area (Å²) in [6.45, 7) is 3.89. The normalized spacial score (nSPS) is 24.6. The van der Waals surface area contributed by atoms with E-state index in [0.717, 1.165) is 38.4 Å². The Hall–Kier alpha value is -0.650. The first-order valence-corrected chi connectivity index (χ1v) is 7.70. The number of likely N-dealkylation sites (tertiary alicyclic amines) is 1. The predicted octanol–water partition coefficient (Wildman–Crippen LogP) is 0.541. The highest BCUT2D eigenvalue weighted by Crippen LogP contribution is 2.39. The summed E-state index contributed by atoms with van der Waals surface area (Å²) in [5.74, 6) is 0.845. The molecule has 0 bridgehead atoms. The van der Waals surface area contributed by atoms with Gasteiger partial charge in [-0.25, -0.2) is 0 Å². The van der Waals surface area contributed by atoms with E-state index in [1.165, 1.54) is 20.0 Å². The molecule has 1 saturated heterocycles. The van der Waals surface area contributed by atoms with Gasteiger partial charge in [-0.1, -0.05) is 0 Å². The third kappa shape index (κ3) is 3.71. The molecule has 0 aromatic carbocycles. The smallest absolute Gasteiger partial charge is 0.327 e. The van der Waals surface area contributed by atoms with Gasteiger partial charge in [0.25, 0.3) is 0 Å². The molecule has 5 heteroatoms. The molecule has 0 aromatic rings. The van der Waals surface area contributed by atoms with Gasteiger partial charge in [0.15, 0.2) is 0 Å². The molecule has 1 aliphatic carbocycles. The van der Waals surface area contributed by atoms with Crippen LogP contribution in [0.2, 0.25) is 0 Å². The van der Waals surface area contributed by atoms with Gasteiger partial charge in [-0.15, -0.1) is 0 Å². The van der Waals surface area contributed by atoms with Crippen LogP contribution < -0.4 is 5.73 Å². The molecule has 1 aliphatic heterocycles. The van der Waals surface area contributed by atoms with Crippen LogP contribution in [0.5, 0.6) is 0 Å². The van der Waals surface area contributed by atoms with E-state index in [-0.39, 0.29) is 5.97 Å². The van der Waals surface area contributed by atoms with Crippen molar-refractivity contribution in [1.82, 2.24) is 9.80 Å². The number of methoxy groups -OCH3 is 1. The van der Waals surface area contributed by atoms with Crippen LogP contribution in [0, 0.1) is 11.8 Å². The molecule has 20 heavy (non-hydrogen) atoms. The number of piperidine rings is 1. The molecule has 0 aromatic heterocycles. The SMILES string of the molecule is COC(=O)C(N)(CN1CCC(CN(C)C)CC1)C1CC1. The largest absolute Gasteiger partial charge is 0.468 e. The number of carbonyl (C=O) groups is 1.